The number of nitrogens with one attached hydrogen (secondary N) is 1. The zero-order valence-electron chi connectivity index (χ0n) is 15.1. The van der Waals surface area contributed by atoms with Crippen molar-refractivity contribution < 1.29 is 4.79 Å². The first-order valence-electron chi connectivity index (χ1n) is 9.42. The summed E-state index contributed by atoms with van der Waals surface area (Å²) in [5.41, 5.74) is 0.752. The van der Waals surface area contributed by atoms with E-state index in [0.29, 0.717) is 0 Å². The fraction of sp³-hybridized carbons (Fsp3) is 0.722. The van der Waals surface area contributed by atoms with Crippen LogP contribution in [-0.2, 0) is 11.8 Å². The summed E-state index contributed by atoms with van der Waals surface area (Å²) in [5, 5.41) is 7.18. The van der Waals surface area contributed by atoms with Gasteiger partial charge < -0.3 is 15.1 Å². The van der Waals surface area contributed by atoms with Gasteiger partial charge >= 0.3 is 0 Å². The number of likely N-dealkylation sites (tertiary alicyclic amines) is 1. The molecule has 2 aliphatic rings. The van der Waals surface area contributed by atoms with Crippen LogP contribution >= 0.6 is 0 Å². The first-order chi connectivity index (χ1) is 12.1. The summed E-state index contributed by atoms with van der Waals surface area (Å²) in [6.45, 7) is 5.62. The van der Waals surface area contributed by atoms with E-state index in [1.54, 1.807) is 19.3 Å². The summed E-state index contributed by atoms with van der Waals surface area (Å²) < 4.78 is 1.33. The number of rotatable bonds is 5. The molecule has 3 heterocycles. The van der Waals surface area contributed by atoms with Crippen LogP contribution in [0.15, 0.2) is 17.1 Å². The van der Waals surface area contributed by atoms with Crippen LogP contribution in [0, 0.1) is 5.92 Å². The maximum atomic E-state index is 12.4. The van der Waals surface area contributed by atoms with Gasteiger partial charge in [0.2, 0.25) is 5.91 Å². The van der Waals surface area contributed by atoms with Crippen molar-refractivity contribution in [2.24, 2.45) is 13.0 Å². The van der Waals surface area contributed by atoms with Gasteiger partial charge in [-0.15, -0.1) is 0 Å². The van der Waals surface area contributed by atoms with Gasteiger partial charge in [-0.3, -0.25) is 9.59 Å². The minimum absolute atomic E-state index is 0.0807. The third-order valence-electron chi connectivity index (χ3n) is 5.36. The Morgan fingerprint density at radius 2 is 1.92 bits per heavy atom. The predicted octanol–water partition coefficient (Wildman–Crippen LogP) is 0.599. The lowest BCUT2D eigenvalue weighted by atomic mass is 9.95. The Morgan fingerprint density at radius 3 is 2.60 bits per heavy atom. The van der Waals surface area contributed by atoms with E-state index in [1.807, 2.05) is 0 Å². The molecule has 1 aromatic rings. The average Bonchev–Trinajstić information content (AvgIpc) is 2.65. The molecule has 0 saturated carbocycles. The maximum Gasteiger partial charge on any atom is 0.268 e. The molecule has 0 atom stereocenters. The minimum Gasteiger partial charge on any atom is -0.370 e. The Labute approximate surface area is 149 Å². The summed E-state index contributed by atoms with van der Waals surface area (Å²) in [7, 11) is 1.65. The van der Waals surface area contributed by atoms with E-state index >= 15 is 0 Å². The minimum atomic E-state index is -0.102. The Morgan fingerprint density at radius 1 is 1.20 bits per heavy atom. The molecule has 1 amide bonds. The fourth-order valence-corrected chi connectivity index (χ4v) is 3.70. The second-order valence-electron chi connectivity index (χ2n) is 7.13. The highest BCUT2D eigenvalue weighted by Crippen LogP contribution is 2.21. The highest BCUT2D eigenvalue weighted by molar-refractivity contribution is 5.79. The van der Waals surface area contributed by atoms with Crippen LogP contribution in [0.2, 0.25) is 0 Å². The fourth-order valence-electron chi connectivity index (χ4n) is 3.70. The van der Waals surface area contributed by atoms with E-state index in [2.05, 4.69) is 20.2 Å². The molecule has 0 unspecified atom stereocenters. The lowest BCUT2D eigenvalue weighted by Gasteiger charge is -2.33. The highest BCUT2D eigenvalue weighted by atomic mass is 16.2. The van der Waals surface area contributed by atoms with Crippen molar-refractivity contribution >= 4 is 11.6 Å². The quantitative estimate of drug-likeness (QED) is 0.845. The molecular weight excluding hydrogens is 318 g/mol. The topological polar surface area (TPSA) is 70.5 Å². The molecule has 7 nitrogen and oxygen atoms in total. The van der Waals surface area contributed by atoms with Crippen molar-refractivity contribution in [1.29, 1.82) is 0 Å². The number of hydrogen-bond donors (Lipinski definition) is 1. The summed E-state index contributed by atoms with van der Waals surface area (Å²) in [5.74, 6) is 0.260. The molecule has 138 valence electrons. The van der Waals surface area contributed by atoms with E-state index in [0.717, 1.165) is 44.7 Å². The number of anilines is 1. The van der Waals surface area contributed by atoms with Gasteiger partial charge in [-0.25, -0.2) is 4.68 Å². The summed E-state index contributed by atoms with van der Waals surface area (Å²) in [6.07, 6.45) is 7.27. The van der Waals surface area contributed by atoms with Crippen LogP contribution in [0.5, 0.6) is 0 Å². The number of carbonyl (C=O) groups excluding carboxylic acids is 1. The molecule has 2 aliphatic heterocycles. The molecule has 0 radical (unpaired) electrons. The van der Waals surface area contributed by atoms with Gasteiger partial charge in [0.25, 0.3) is 5.56 Å². The second kappa shape index (κ2) is 8.47. The molecular formula is C18H29N5O2. The van der Waals surface area contributed by atoms with Gasteiger partial charge in [-0.05, 0) is 38.8 Å². The Kier molecular flexibility index (Phi) is 6.07. The van der Waals surface area contributed by atoms with Crippen LogP contribution in [0.25, 0.3) is 0 Å². The summed E-state index contributed by atoms with van der Waals surface area (Å²) >= 11 is 0. The first-order valence-corrected chi connectivity index (χ1v) is 9.42. The predicted molar refractivity (Wildman–Crippen MR) is 97.7 cm³/mol. The molecule has 2 saturated heterocycles. The van der Waals surface area contributed by atoms with Crippen LogP contribution in [0.3, 0.4) is 0 Å². The lowest BCUT2D eigenvalue weighted by molar-refractivity contribution is -0.125. The molecule has 0 spiro atoms. The van der Waals surface area contributed by atoms with Crippen molar-refractivity contribution in [3.05, 3.63) is 22.6 Å². The van der Waals surface area contributed by atoms with Crippen molar-refractivity contribution in [2.45, 2.75) is 32.1 Å². The third kappa shape index (κ3) is 4.81. The average molecular weight is 347 g/mol. The van der Waals surface area contributed by atoms with Crippen molar-refractivity contribution in [3.8, 4) is 0 Å². The smallest absolute Gasteiger partial charge is 0.268 e. The Bertz CT molecular complexity index is 631. The third-order valence-corrected chi connectivity index (χ3v) is 5.36. The van der Waals surface area contributed by atoms with E-state index in [4.69, 9.17) is 0 Å². The van der Waals surface area contributed by atoms with Gasteiger partial charge in [0.05, 0.1) is 11.9 Å². The maximum absolute atomic E-state index is 12.4. The number of carbonyl (C=O) groups is 1. The van der Waals surface area contributed by atoms with E-state index in [9.17, 15) is 9.59 Å². The van der Waals surface area contributed by atoms with Crippen molar-refractivity contribution in [3.63, 3.8) is 0 Å². The normalized spacial score (nSPS) is 19.8. The monoisotopic (exact) mass is 347 g/mol. The molecule has 0 aliphatic carbocycles. The number of hydrogen-bond acceptors (Lipinski definition) is 5. The molecule has 7 heteroatoms. The number of piperidine rings is 2. The number of amides is 1. The molecule has 2 fully saturated rings. The molecule has 0 aromatic carbocycles. The van der Waals surface area contributed by atoms with Crippen LogP contribution in [0.4, 0.5) is 5.69 Å². The van der Waals surface area contributed by atoms with Gasteiger partial charge in [0, 0.05) is 45.2 Å². The lowest BCUT2D eigenvalue weighted by Crippen LogP contribution is -2.43. The van der Waals surface area contributed by atoms with Gasteiger partial charge in [0.15, 0.2) is 0 Å². The van der Waals surface area contributed by atoms with Crippen molar-refractivity contribution in [1.82, 2.24) is 20.0 Å². The van der Waals surface area contributed by atoms with Crippen molar-refractivity contribution in [2.75, 3.05) is 44.2 Å². The van der Waals surface area contributed by atoms with E-state index in [1.165, 1.54) is 37.0 Å². The molecule has 0 bridgehead atoms. The Hall–Kier alpha value is -1.89. The molecule has 25 heavy (non-hydrogen) atoms. The van der Waals surface area contributed by atoms with E-state index < -0.39 is 0 Å². The van der Waals surface area contributed by atoms with Gasteiger partial charge in [-0.1, -0.05) is 6.42 Å². The Balaban J connectivity index is 1.41. The zero-order valence-corrected chi connectivity index (χ0v) is 15.1. The van der Waals surface area contributed by atoms with E-state index in [-0.39, 0.29) is 17.4 Å². The van der Waals surface area contributed by atoms with Crippen LogP contribution in [-0.4, -0.2) is 59.9 Å². The second-order valence-corrected chi connectivity index (χ2v) is 7.13. The highest BCUT2D eigenvalue weighted by Gasteiger charge is 2.25. The number of aryl methyl sites for hydroxylation is 1. The van der Waals surface area contributed by atoms with Crippen LogP contribution < -0.4 is 15.8 Å². The summed E-state index contributed by atoms with van der Waals surface area (Å²) in [6, 6.07) is 1.62. The van der Waals surface area contributed by atoms with Crippen LogP contribution in [0.1, 0.15) is 32.1 Å². The van der Waals surface area contributed by atoms with Gasteiger partial charge in [0.1, 0.15) is 0 Å². The SMILES string of the molecule is Cn1ncc(N2CCC(C(=O)NCCN3CCCCC3)CC2)cc1=O. The number of aromatic nitrogens is 2. The molecule has 1 N–H and O–H groups in total. The number of nitrogens with zero attached hydrogens (tertiary/aromatic N) is 4. The zero-order chi connectivity index (χ0) is 17.6. The molecule has 1 aromatic heterocycles. The standard InChI is InChI=1S/C18H29N5O2/c1-21-17(24)13-16(14-20-21)23-10-5-15(6-11-23)18(25)19-7-12-22-8-3-2-4-9-22/h13-15H,2-12H2,1H3,(H,19,25). The van der Waals surface area contributed by atoms with Gasteiger partial charge in [-0.2, -0.15) is 5.10 Å². The largest absolute Gasteiger partial charge is 0.370 e. The molecule has 3 rings (SSSR count). The first kappa shape index (κ1) is 17.9. The summed E-state index contributed by atoms with van der Waals surface area (Å²) in [4.78, 5) is 28.7.